The molecule has 5 nitrogen and oxygen atoms in total. The van der Waals surface area contributed by atoms with Gasteiger partial charge in [0.1, 0.15) is 0 Å². The zero-order valence-electron chi connectivity index (χ0n) is 12.9. The molecule has 4 N–H and O–H groups in total. The van der Waals surface area contributed by atoms with Gasteiger partial charge < -0.3 is 16.4 Å². The second-order valence-electron chi connectivity index (χ2n) is 5.88. The van der Waals surface area contributed by atoms with E-state index < -0.39 is 5.91 Å². The van der Waals surface area contributed by atoms with Gasteiger partial charge in [0, 0.05) is 34.7 Å². The molecule has 0 saturated heterocycles. The van der Waals surface area contributed by atoms with Crippen molar-refractivity contribution in [1.29, 1.82) is 0 Å². The first-order valence-corrected chi connectivity index (χ1v) is 8.29. The fraction of sp³-hybridized carbons (Fsp3) is 0.500. The lowest BCUT2D eigenvalue weighted by molar-refractivity contribution is -0.119. The third-order valence-electron chi connectivity index (χ3n) is 4.13. The molecule has 0 spiro atoms. The quantitative estimate of drug-likeness (QED) is 0.764. The first kappa shape index (κ1) is 16.8. The topological polar surface area (TPSA) is 84.2 Å². The predicted octanol–water partition coefficient (Wildman–Crippen LogP) is 2.72. The van der Waals surface area contributed by atoms with Crippen molar-refractivity contribution < 1.29 is 9.59 Å². The molecule has 1 aromatic rings. The fourth-order valence-electron chi connectivity index (χ4n) is 2.97. The lowest BCUT2D eigenvalue weighted by Crippen LogP contribution is -2.39. The first-order valence-electron chi connectivity index (χ1n) is 7.50. The highest BCUT2D eigenvalue weighted by molar-refractivity contribution is 9.10. The molecule has 1 aromatic carbocycles. The van der Waals surface area contributed by atoms with Crippen LogP contribution in [0.5, 0.6) is 0 Å². The molecular weight excluding hydrogens is 346 g/mol. The number of amides is 2. The summed E-state index contributed by atoms with van der Waals surface area (Å²) < 4.78 is 0.835. The number of anilines is 1. The van der Waals surface area contributed by atoms with Crippen LogP contribution < -0.4 is 16.4 Å². The molecule has 0 atom stereocenters. The van der Waals surface area contributed by atoms with E-state index in [1.807, 2.05) is 13.0 Å². The minimum atomic E-state index is -0.420. The molecular formula is C16H22BrN3O2. The summed E-state index contributed by atoms with van der Waals surface area (Å²) in [6.07, 6.45) is 3.91. The highest BCUT2D eigenvalue weighted by atomic mass is 79.9. The minimum Gasteiger partial charge on any atom is -0.382 e. The van der Waals surface area contributed by atoms with Gasteiger partial charge >= 0.3 is 0 Å². The average molecular weight is 368 g/mol. The first-order chi connectivity index (χ1) is 10.4. The van der Waals surface area contributed by atoms with E-state index in [4.69, 9.17) is 5.73 Å². The van der Waals surface area contributed by atoms with Gasteiger partial charge in [-0.2, -0.15) is 0 Å². The normalized spacial score (nSPS) is 21.2. The van der Waals surface area contributed by atoms with Gasteiger partial charge in [0.2, 0.25) is 11.8 Å². The number of carbonyl (C=O) groups excluding carboxylic acids is 2. The molecule has 1 aliphatic rings. The van der Waals surface area contributed by atoms with E-state index in [1.54, 1.807) is 13.0 Å². The molecule has 1 saturated carbocycles. The molecule has 120 valence electrons. The lowest BCUT2D eigenvalue weighted by Gasteiger charge is -2.30. The van der Waals surface area contributed by atoms with Crippen molar-refractivity contribution in [2.45, 2.75) is 51.6 Å². The van der Waals surface area contributed by atoms with Crippen molar-refractivity contribution in [1.82, 2.24) is 5.32 Å². The number of primary amides is 1. The standard InChI is InChI=1S/C16H22BrN3O2/c1-9-14(16(18)22)7-11(17)8-15(9)20-13-5-3-12(4-6-13)19-10(2)21/h7-8,12-13,20H,3-6H2,1-2H3,(H2,18,22)(H,19,21). The van der Waals surface area contributed by atoms with Crippen LogP contribution in [-0.2, 0) is 4.79 Å². The second-order valence-corrected chi connectivity index (χ2v) is 6.80. The summed E-state index contributed by atoms with van der Waals surface area (Å²) in [4.78, 5) is 22.6. The van der Waals surface area contributed by atoms with E-state index in [2.05, 4.69) is 26.6 Å². The third kappa shape index (κ3) is 4.22. The van der Waals surface area contributed by atoms with Crippen molar-refractivity contribution in [2.75, 3.05) is 5.32 Å². The molecule has 22 heavy (non-hydrogen) atoms. The number of rotatable bonds is 4. The van der Waals surface area contributed by atoms with Gasteiger partial charge in [-0.15, -0.1) is 0 Å². The van der Waals surface area contributed by atoms with Crippen LogP contribution in [0.15, 0.2) is 16.6 Å². The molecule has 0 radical (unpaired) electrons. The Hall–Kier alpha value is -1.56. The number of hydrogen-bond acceptors (Lipinski definition) is 3. The summed E-state index contributed by atoms with van der Waals surface area (Å²) in [5, 5.41) is 6.48. The van der Waals surface area contributed by atoms with Gasteiger partial charge in [-0.3, -0.25) is 9.59 Å². The van der Waals surface area contributed by atoms with E-state index >= 15 is 0 Å². The number of hydrogen-bond donors (Lipinski definition) is 3. The summed E-state index contributed by atoms with van der Waals surface area (Å²) >= 11 is 3.42. The van der Waals surface area contributed by atoms with Crippen LogP contribution in [0.3, 0.4) is 0 Å². The molecule has 0 bridgehead atoms. The zero-order valence-corrected chi connectivity index (χ0v) is 14.5. The van der Waals surface area contributed by atoms with Gasteiger partial charge in [-0.1, -0.05) is 15.9 Å². The number of halogens is 1. The highest BCUT2D eigenvalue weighted by Gasteiger charge is 2.22. The van der Waals surface area contributed by atoms with Gasteiger partial charge in [0.25, 0.3) is 0 Å². The SMILES string of the molecule is CC(=O)NC1CCC(Nc2cc(Br)cc(C(N)=O)c2C)CC1. The number of nitrogens with one attached hydrogen (secondary N) is 2. The third-order valence-corrected chi connectivity index (χ3v) is 4.59. The van der Waals surface area contributed by atoms with E-state index in [9.17, 15) is 9.59 Å². The predicted molar refractivity (Wildman–Crippen MR) is 90.9 cm³/mol. The van der Waals surface area contributed by atoms with Crippen molar-refractivity contribution in [3.63, 3.8) is 0 Å². The van der Waals surface area contributed by atoms with Gasteiger partial charge in [0.05, 0.1) is 0 Å². The Labute approximate surface area is 139 Å². The Morgan fingerprint density at radius 1 is 1.18 bits per heavy atom. The van der Waals surface area contributed by atoms with Crippen LogP contribution in [0.4, 0.5) is 5.69 Å². The highest BCUT2D eigenvalue weighted by Crippen LogP contribution is 2.28. The van der Waals surface area contributed by atoms with Crippen LogP contribution >= 0.6 is 15.9 Å². The molecule has 0 unspecified atom stereocenters. The molecule has 2 amide bonds. The van der Waals surface area contributed by atoms with Crippen molar-refractivity contribution in [3.05, 3.63) is 27.7 Å². The Morgan fingerprint density at radius 3 is 2.32 bits per heavy atom. The van der Waals surface area contributed by atoms with Crippen LogP contribution in [0.1, 0.15) is 48.5 Å². The molecule has 0 aromatic heterocycles. The Bertz CT molecular complexity index is 581. The summed E-state index contributed by atoms with van der Waals surface area (Å²) in [6.45, 7) is 3.46. The summed E-state index contributed by atoms with van der Waals surface area (Å²) in [5.74, 6) is -0.387. The van der Waals surface area contributed by atoms with Gasteiger partial charge in [-0.25, -0.2) is 0 Å². The minimum absolute atomic E-state index is 0.0327. The molecule has 0 aliphatic heterocycles. The monoisotopic (exact) mass is 367 g/mol. The maximum absolute atomic E-state index is 11.5. The largest absolute Gasteiger partial charge is 0.382 e. The van der Waals surface area contributed by atoms with Gasteiger partial charge in [0.15, 0.2) is 0 Å². The van der Waals surface area contributed by atoms with Crippen LogP contribution in [0, 0.1) is 6.92 Å². The lowest BCUT2D eigenvalue weighted by atomic mass is 9.90. The summed E-state index contributed by atoms with van der Waals surface area (Å²) in [5.41, 5.74) is 7.76. The van der Waals surface area contributed by atoms with Crippen LogP contribution in [0.2, 0.25) is 0 Å². The van der Waals surface area contributed by atoms with E-state index in [0.29, 0.717) is 11.6 Å². The van der Waals surface area contributed by atoms with Crippen LogP contribution in [0.25, 0.3) is 0 Å². The number of benzene rings is 1. The maximum Gasteiger partial charge on any atom is 0.249 e. The van der Waals surface area contributed by atoms with E-state index in [1.165, 1.54) is 0 Å². The number of nitrogens with two attached hydrogens (primary N) is 1. The van der Waals surface area contributed by atoms with Crippen molar-refractivity contribution >= 4 is 33.4 Å². The second kappa shape index (κ2) is 7.13. The smallest absolute Gasteiger partial charge is 0.249 e. The Kier molecular flexibility index (Phi) is 5.45. The zero-order chi connectivity index (χ0) is 16.3. The van der Waals surface area contributed by atoms with Gasteiger partial charge in [-0.05, 0) is 50.3 Å². The van der Waals surface area contributed by atoms with Crippen LogP contribution in [-0.4, -0.2) is 23.9 Å². The summed E-state index contributed by atoms with van der Waals surface area (Å²) in [7, 11) is 0. The maximum atomic E-state index is 11.5. The average Bonchev–Trinajstić information content (AvgIpc) is 2.43. The fourth-order valence-corrected chi connectivity index (χ4v) is 3.43. The van der Waals surface area contributed by atoms with Crippen molar-refractivity contribution in [3.8, 4) is 0 Å². The molecule has 2 rings (SSSR count). The molecule has 1 fully saturated rings. The van der Waals surface area contributed by atoms with E-state index in [-0.39, 0.29) is 11.9 Å². The van der Waals surface area contributed by atoms with Crippen molar-refractivity contribution in [2.24, 2.45) is 5.73 Å². The molecule has 6 heteroatoms. The molecule has 1 aliphatic carbocycles. The number of carbonyl (C=O) groups is 2. The molecule has 0 heterocycles. The Morgan fingerprint density at radius 2 is 1.77 bits per heavy atom. The Balaban J connectivity index is 2.03. The summed E-state index contributed by atoms with van der Waals surface area (Å²) in [6, 6.07) is 4.34. The van der Waals surface area contributed by atoms with E-state index in [0.717, 1.165) is 41.4 Å².